The third-order valence-corrected chi connectivity index (χ3v) is 5.77. The zero-order valence-electron chi connectivity index (χ0n) is 15.7. The molecule has 0 unspecified atom stereocenters. The molecule has 4 rings (SSSR count). The monoisotopic (exact) mass is 366 g/mol. The maximum absolute atomic E-state index is 12.4. The normalized spacial score (nSPS) is 29.0. The smallest absolute Gasteiger partial charge is 0.309 e. The second-order valence-electron chi connectivity index (χ2n) is 7.91. The molecular formula is C23H26O4. The van der Waals surface area contributed by atoms with Gasteiger partial charge in [-0.15, -0.1) is 0 Å². The van der Waals surface area contributed by atoms with Crippen LogP contribution in [-0.2, 0) is 32.2 Å². The van der Waals surface area contributed by atoms with Crippen LogP contribution in [0.5, 0.6) is 0 Å². The Kier molecular flexibility index (Phi) is 5.02. The van der Waals surface area contributed by atoms with E-state index in [1.807, 2.05) is 48.5 Å². The van der Waals surface area contributed by atoms with Crippen molar-refractivity contribution in [2.45, 2.75) is 63.1 Å². The van der Waals surface area contributed by atoms with Crippen LogP contribution < -0.4 is 0 Å². The van der Waals surface area contributed by atoms with Gasteiger partial charge in [-0.05, 0) is 30.9 Å². The molecule has 0 N–H and O–H groups in total. The van der Waals surface area contributed by atoms with E-state index >= 15 is 0 Å². The summed E-state index contributed by atoms with van der Waals surface area (Å²) in [5.74, 6) is -0.202. The number of ether oxygens (including phenoxy) is 3. The number of fused-ring (bicyclic) bond motifs is 2. The molecule has 27 heavy (non-hydrogen) atoms. The fraction of sp³-hybridized carbons (Fsp3) is 0.435. The highest BCUT2D eigenvalue weighted by atomic mass is 16.6. The first kappa shape index (κ1) is 18.2. The molecule has 0 saturated carbocycles. The quantitative estimate of drug-likeness (QED) is 0.681. The fourth-order valence-electron chi connectivity index (χ4n) is 4.25. The number of hydrogen-bond acceptors (Lipinski definition) is 4. The highest BCUT2D eigenvalue weighted by Gasteiger charge is 2.60. The molecule has 142 valence electrons. The highest BCUT2D eigenvalue weighted by Crippen LogP contribution is 2.53. The van der Waals surface area contributed by atoms with Gasteiger partial charge in [0.15, 0.2) is 0 Å². The average Bonchev–Trinajstić information content (AvgIpc) is 3.16. The van der Waals surface area contributed by atoms with Crippen molar-refractivity contribution in [1.29, 1.82) is 0 Å². The summed E-state index contributed by atoms with van der Waals surface area (Å²) in [6.45, 7) is 2.98. The standard InChI is InChI=1S/C23H26O4/c1-22-12-13-23(27-22,14-20(22)25-16-18-8-4-2-5-9-18)15-21(24)26-17-19-10-6-3-7-11-19/h2-11,20H,12-17H2,1H3/t20-,22+,23-/m0/s1. The number of hydrogen-bond donors (Lipinski definition) is 0. The Morgan fingerprint density at radius 1 is 1.00 bits per heavy atom. The predicted molar refractivity (Wildman–Crippen MR) is 102 cm³/mol. The maximum Gasteiger partial charge on any atom is 0.309 e. The van der Waals surface area contributed by atoms with E-state index in [0.29, 0.717) is 19.6 Å². The number of esters is 1. The minimum Gasteiger partial charge on any atom is -0.461 e. The molecule has 2 aromatic rings. The molecule has 4 heteroatoms. The Morgan fingerprint density at radius 2 is 1.63 bits per heavy atom. The van der Waals surface area contributed by atoms with Gasteiger partial charge in [0.2, 0.25) is 0 Å². The van der Waals surface area contributed by atoms with Crippen molar-refractivity contribution in [1.82, 2.24) is 0 Å². The lowest BCUT2D eigenvalue weighted by Crippen LogP contribution is -2.38. The SMILES string of the molecule is C[C@@]12CC[C@@](CC(=O)OCc3ccccc3)(C[C@@H]1OCc1ccccc1)O2. The van der Waals surface area contributed by atoms with Crippen LogP contribution in [-0.4, -0.2) is 23.3 Å². The van der Waals surface area contributed by atoms with Crippen molar-refractivity contribution in [3.63, 3.8) is 0 Å². The van der Waals surface area contributed by atoms with E-state index in [4.69, 9.17) is 14.2 Å². The van der Waals surface area contributed by atoms with Crippen molar-refractivity contribution >= 4 is 5.97 Å². The molecule has 2 bridgehead atoms. The van der Waals surface area contributed by atoms with Crippen molar-refractivity contribution in [2.75, 3.05) is 0 Å². The maximum atomic E-state index is 12.4. The molecule has 2 fully saturated rings. The van der Waals surface area contributed by atoms with Crippen LogP contribution in [0.3, 0.4) is 0 Å². The van der Waals surface area contributed by atoms with E-state index in [9.17, 15) is 4.79 Å². The van der Waals surface area contributed by atoms with E-state index in [0.717, 1.165) is 30.4 Å². The first-order chi connectivity index (χ1) is 13.1. The van der Waals surface area contributed by atoms with Crippen LogP contribution in [0.4, 0.5) is 0 Å². The highest BCUT2D eigenvalue weighted by molar-refractivity contribution is 5.71. The number of benzene rings is 2. The summed E-state index contributed by atoms with van der Waals surface area (Å²) in [6.07, 6.45) is 2.85. The van der Waals surface area contributed by atoms with Crippen LogP contribution in [0.15, 0.2) is 60.7 Å². The zero-order valence-corrected chi connectivity index (χ0v) is 15.7. The lowest BCUT2D eigenvalue weighted by molar-refractivity contribution is -0.152. The minimum absolute atomic E-state index is 0.00776. The molecular weight excluding hydrogens is 340 g/mol. The molecule has 2 aromatic carbocycles. The van der Waals surface area contributed by atoms with Crippen LogP contribution in [0, 0.1) is 0 Å². The molecule has 2 aliphatic heterocycles. The van der Waals surface area contributed by atoms with Crippen molar-refractivity contribution in [3.05, 3.63) is 71.8 Å². The molecule has 0 aliphatic carbocycles. The van der Waals surface area contributed by atoms with E-state index in [1.165, 1.54) is 0 Å². The predicted octanol–water partition coefficient (Wildman–Crippen LogP) is 4.42. The summed E-state index contributed by atoms with van der Waals surface area (Å²) in [5, 5.41) is 0. The van der Waals surface area contributed by atoms with Crippen molar-refractivity contribution < 1.29 is 19.0 Å². The Hall–Kier alpha value is -2.17. The third kappa shape index (κ3) is 4.07. The lowest BCUT2D eigenvalue weighted by Gasteiger charge is -2.29. The molecule has 2 aliphatic rings. The second-order valence-corrected chi connectivity index (χ2v) is 7.91. The summed E-state index contributed by atoms with van der Waals surface area (Å²) in [5.41, 5.74) is 1.40. The van der Waals surface area contributed by atoms with E-state index in [1.54, 1.807) is 0 Å². The molecule has 0 amide bonds. The summed E-state index contributed by atoms with van der Waals surface area (Å²) in [4.78, 5) is 12.4. The number of carbonyl (C=O) groups excluding carboxylic acids is 1. The Morgan fingerprint density at radius 3 is 2.30 bits per heavy atom. The molecule has 0 radical (unpaired) electrons. The topological polar surface area (TPSA) is 44.8 Å². The van der Waals surface area contributed by atoms with Gasteiger partial charge in [-0.25, -0.2) is 0 Å². The summed E-state index contributed by atoms with van der Waals surface area (Å²) in [6, 6.07) is 19.9. The first-order valence-corrected chi connectivity index (χ1v) is 9.62. The second kappa shape index (κ2) is 7.45. The molecule has 3 atom stereocenters. The van der Waals surface area contributed by atoms with Gasteiger partial charge in [0.05, 0.1) is 30.3 Å². The van der Waals surface area contributed by atoms with Crippen LogP contribution in [0.1, 0.15) is 43.7 Å². The van der Waals surface area contributed by atoms with Gasteiger partial charge in [0, 0.05) is 6.42 Å². The lowest BCUT2D eigenvalue weighted by atomic mass is 9.79. The minimum atomic E-state index is -0.441. The van der Waals surface area contributed by atoms with Crippen molar-refractivity contribution in [2.24, 2.45) is 0 Å². The van der Waals surface area contributed by atoms with Crippen molar-refractivity contribution in [3.8, 4) is 0 Å². The molecule has 4 nitrogen and oxygen atoms in total. The average molecular weight is 366 g/mol. The Labute approximate surface area is 160 Å². The van der Waals surface area contributed by atoms with Crippen LogP contribution in [0.25, 0.3) is 0 Å². The Balaban J connectivity index is 1.32. The molecule has 0 spiro atoms. The van der Waals surface area contributed by atoms with E-state index < -0.39 is 5.60 Å². The fourth-order valence-corrected chi connectivity index (χ4v) is 4.25. The van der Waals surface area contributed by atoms with Gasteiger partial charge in [0.25, 0.3) is 0 Å². The Bertz CT molecular complexity index is 775. The third-order valence-electron chi connectivity index (χ3n) is 5.77. The van der Waals surface area contributed by atoms with Crippen LogP contribution >= 0.6 is 0 Å². The molecule has 2 heterocycles. The number of rotatable bonds is 7. The zero-order chi connectivity index (χ0) is 18.7. The summed E-state index contributed by atoms with van der Waals surface area (Å²) >= 11 is 0. The van der Waals surface area contributed by atoms with Crippen LogP contribution in [0.2, 0.25) is 0 Å². The largest absolute Gasteiger partial charge is 0.461 e. The van der Waals surface area contributed by atoms with Gasteiger partial charge in [-0.2, -0.15) is 0 Å². The summed E-state index contributed by atoms with van der Waals surface area (Å²) in [7, 11) is 0. The number of carbonyl (C=O) groups is 1. The van der Waals surface area contributed by atoms with Gasteiger partial charge in [0.1, 0.15) is 6.61 Å². The first-order valence-electron chi connectivity index (χ1n) is 9.62. The van der Waals surface area contributed by atoms with Gasteiger partial charge < -0.3 is 14.2 Å². The molecule has 2 saturated heterocycles. The van der Waals surface area contributed by atoms with Gasteiger partial charge >= 0.3 is 5.97 Å². The van der Waals surface area contributed by atoms with Gasteiger partial charge in [-0.1, -0.05) is 60.7 Å². The summed E-state index contributed by atoms with van der Waals surface area (Å²) < 4.78 is 18.0. The van der Waals surface area contributed by atoms with Gasteiger partial charge in [-0.3, -0.25) is 4.79 Å². The van der Waals surface area contributed by atoms with E-state index in [2.05, 4.69) is 19.1 Å². The molecule has 0 aromatic heterocycles. The van der Waals surface area contributed by atoms with E-state index in [-0.39, 0.29) is 17.7 Å².